The number of rotatable bonds is 3. The summed E-state index contributed by atoms with van der Waals surface area (Å²) in [6.45, 7) is 0. The lowest BCUT2D eigenvalue weighted by molar-refractivity contribution is 0.169. The highest BCUT2D eigenvalue weighted by atomic mass is 32.2. The minimum atomic E-state index is 0.335. The van der Waals surface area contributed by atoms with E-state index in [0.29, 0.717) is 84.2 Å². The van der Waals surface area contributed by atoms with Crippen LogP contribution in [0, 0.1) is 47.3 Å². The van der Waals surface area contributed by atoms with E-state index >= 15 is 0 Å². The largest absolute Gasteiger partial charge is 0.286 e. The first-order chi connectivity index (χ1) is 23.8. The van der Waals surface area contributed by atoms with Crippen LogP contribution in [0.4, 0.5) is 0 Å². The molecule has 8 N–H and O–H groups in total. The van der Waals surface area contributed by atoms with Crippen molar-refractivity contribution in [3.63, 3.8) is 0 Å². The quantitative estimate of drug-likeness (QED) is 0.236. The van der Waals surface area contributed by atoms with Crippen LogP contribution in [0.5, 0.6) is 0 Å². The Morgan fingerprint density at radius 1 is 0.396 bits per heavy atom. The normalized spacial score (nSPS) is 51.5. The van der Waals surface area contributed by atoms with Crippen molar-refractivity contribution in [3.05, 3.63) is 35.9 Å². The summed E-state index contributed by atoms with van der Waals surface area (Å²) in [4.78, 5) is 0. The second-order valence-corrected chi connectivity index (χ2v) is 18.7. The molecule has 4 saturated carbocycles. The molecule has 8 bridgehead atoms. The predicted molar refractivity (Wildman–Crippen MR) is 194 cm³/mol. The summed E-state index contributed by atoms with van der Waals surface area (Å²) in [5.74, 6) is 6.72. The fourth-order valence-electron chi connectivity index (χ4n) is 13.0. The SMILES string of the molecule is c1ccc(CSC2CCCC3C4NC5NC(NC6NC(NC7NC(NC(N4)C23)C2CCCCC72)C2CCCCC62)C2CCCCC52)cc1. The van der Waals surface area contributed by atoms with Crippen molar-refractivity contribution in [1.29, 1.82) is 0 Å². The lowest BCUT2D eigenvalue weighted by Crippen LogP contribution is -2.62. The number of hydrogen-bond donors (Lipinski definition) is 8. The third kappa shape index (κ3) is 5.83. The topological polar surface area (TPSA) is 96.2 Å². The van der Waals surface area contributed by atoms with Crippen molar-refractivity contribution < 1.29 is 0 Å². The molecule has 0 radical (unpaired) electrons. The molecule has 9 fully saturated rings. The highest BCUT2D eigenvalue weighted by molar-refractivity contribution is 7.99. The molecule has 17 unspecified atom stereocenters. The van der Waals surface area contributed by atoms with Gasteiger partial charge in [-0.05, 0) is 98.4 Å². The first kappa shape index (κ1) is 31.9. The zero-order chi connectivity index (χ0) is 31.6. The predicted octanol–water partition coefficient (Wildman–Crippen LogP) is 4.52. The summed E-state index contributed by atoms with van der Waals surface area (Å²) in [6.07, 6.45) is 23.5. The maximum absolute atomic E-state index is 4.38. The van der Waals surface area contributed by atoms with E-state index in [1.54, 1.807) is 0 Å². The van der Waals surface area contributed by atoms with Crippen LogP contribution in [0.2, 0.25) is 0 Å². The Morgan fingerprint density at radius 2 is 0.750 bits per heavy atom. The van der Waals surface area contributed by atoms with Gasteiger partial charge in [0.15, 0.2) is 0 Å². The molecule has 0 amide bonds. The second kappa shape index (κ2) is 13.7. The summed E-state index contributed by atoms with van der Waals surface area (Å²) in [7, 11) is 0. The summed E-state index contributed by atoms with van der Waals surface area (Å²) in [6, 6.07) is 11.2. The third-order valence-corrected chi connectivity index (χ3v) is 16.6. The molecule has 0 spiro atoms. The number of benzene rings is 1. The van der Waals surface area contributed by atoms with Gasteiger partial charge in [-0.25, -0.2) is 0 Å². The van der Waals surface area contributed by atoms with E-state index in [0.717, 1.165) is 23.5 Å². The minimum absolute atomic E-state index is 0.335. The van der Waals surface area contributed by atoms with Crippen molar-refractivity contribution in [2.45, 2.75) is 157 Å². The Kier molecular flexibility index (Phi) is 9.09. The maximum atomic E-state index is 4.38. The molecule has 264 valence electrons. The van der Waals surface area contributed by atoms with Gasteiger partial charge in [-0.2, -0.15) is 11.8 Å². The van der Waals surface area contributed by atoms with E-state index in [9.17, 15) is 0 Å². The standard InChI is InChI=1S/C39H62N8S/c1-2-11-22(12-3-1)21-48-30-20-10-19-29-31(30)39-46-37-28-18-9-8-17-27(28)35(44-37)42-33-24-14-5-4-13-23(24)32(40-33)41-34-25-15-6-7-16-26(25)36(43-34)45-38(29)47-39/h1-3,11-12,23-47H,4-10,13-21H2. The Morgan fingerprint density at radius 3 is 1.17 bits per heavy atom. The lowest BCUT2D eigenvalue weighted by Gasteiger charge is -2.39. The molecule has 17 atom stereocenters. The van der Waals surface area contributed by atoms with Gasteiger partial charge >= 0.3 is 0 Å². The van der Waals surface area contributed by atoms with Crippen molar-refractivity contribution in [1.82, 2.24) is 42.5 Å². The van der Waals surface area contributed by atoms with Gasteiger partial charge in [0.25, 0.3) is 0 Å². The molecule has 9 aliphatic rings. The van der Waals surface area contributed by atoms with E-state index in [2.05, 4.69) is 84.6 Å². The van der Waals surface area contributed by atoms with E-state index in [-0.39, 0.29) is 0 Å². The summed E-state index contributed by atoms with van der Waals surface area (Å²) in [5, 5.41) is 35.0. The Hall–Kier alpha value is -0.750. The van der Waals surface area contributed by atoms with Gasteiger partial charge in [0.1, 0.15) is 0 Å². The molecular weight excluding hydrogens is 613 g/mol. The number of nitrogens with one attached hydrogen (secondary N) is 8. The first-order valence-electron chi connectivity index (χ1n) is 20.5. The molecule has 4 aliphatic carbocycles. The first-order valence-corrected chi connectivity index (χ1v) is 21.6. The van der Waals surface area contributed by atoms with Crippen molar-refractivity contribution in [2.75, 3.05) is 0 Å². The van der Waals surface area contributed by atoms with Gasteiger partial charge in [-0.3, -0.25) is 42.5 Å². The van der Waals surface area contributed by atoms with Gasteiger partial charge < -0.3 is 0 Å². The molecule has 5 heterocycles. The highest BCUT2D eigenvalue weighted by Crippen LogP contribution is 2.48. The zero-order valence-corrected chi connectivity index (χ0v) is 29.7. The highest BCUT2D eigenvalue weighted by Gasteiger charge is 2.55. The average Bonchev–Trinajstić information content (AvgIpc) is 3.87. The average molecular weight is 675 g/mol. The van der Waals surface area contributed by atoms with Gasteiger partial charge in [-0.15, -0.1) is 0 Å². The Balaban J connectivity index is 0.975. The lowest BCUT2D eigenvalue weighted by atomic mass is 9.76. The molecular formula is C39H62N8S. The van der Waals surface area contributed by atoms with Crippen LogP contribution < -0.4 is 42.5 Å². The maximum Gasteiger partial charge on any atom is 0.0639 e. The molecule has 9 heteroatoms. The molecule has 1 aromatic rings. The molecule has 5 aliphatic heterocycles. The number of hydrogen-bond acceptors (Lipinski definition) is 9. The minimum Gasteiger partial charge on any atom is -0.286 e. The second-order valence-electron chi connectivity index (χ2n) is 17.5. The van der Waals surface area contributed by atoms with Crippen molar-refractivity contribution in [2.24, 2.45) is 47.3 Å². The fraction of sp³-hybridized carbons (Fsp3) is 0.846. The van der Waals surface area contributed by atoms with E-state index in [1.807, 2.05) is 0 Å². The summed E-state index contributed by atoms with van der Waals surface area (Å²) in [5.41, 5.74) is 1.47. The molecule has 5 saturated heterocycles. The molecule has 1 aromatic carbocycles. The van der Waals surface area contributed by atoms with Gasteiger partial charge in [0.05, 0.1) is 49.3 Å². The summed E-state index contributed by atoms with van der Waals surface area (Å²) >= 11 is 2.24. The van der Waals surface area contributed by atoms with Gasteiger partial charge in [0.2, 0.25) is 0 Å². The smallest absolute Gasteiger partial charge is 0.0639 e. The fourth-order valence-corrected chi connectivity index (χ4v) is 14.5. The van der Waals surface area contributed by atoms with Crippen LogP contribution in [-0.2, 0) is 5.75 Å². The van der Waals surface area contributed by atoms with Crippen LogP contribution in [0.3, 0.4) is 0 Å². The van der Waals surface area contributed by atoms with Crippen molar-refractivity contribution in [3.8, 4) is 0 Å². The van der Waals surface area contributed by atoms with Crippen LogP contribution in [0.1, 0.15) is 102 Å². The van der Waals surface area contributed by atoms with E-state index < -0.39 is 0 Å². The van der Waals surface area contributed by atoms with Crippen LogP contribution in [-0.4, -0.2) is 54.6 Å². The number of thioether (sulfide) groups is 1. The summed E-state index contributed by atoms with van der Waals surface area (Å²) < 4.78 is 0. The Bertz CT molecular complexity index is 1250. The van der Waals surface area contributed by atoms with Gasteiger partial charge in [-0.1, -0.05) is 75.3 Å². The van der Waals surface area contributed by atoms with Crippen LogP contribution >= 0.6 is 11.8 Å². The van der Waals surface area contributed by atoms with E-state index in [4.69, 9.17) is 0 Å². The molecule has 0 aromatic heterocycles. The molecule has 10 rings (SSSR count). The van der Waals surface area contributed by atoms with Crippen LogP contribution in [0.15, 0.2) is 30.3 Å². The third-order valence-electron chi connectivity index (χ3n) is 15.1. The van der Waals surface area contributed by atoms with Crippen molar-refractivity contribution >= 4 is 11.8 Å². The zero-order valence-electron chi connectivity index (χ0n) is 28.9. The van der Waals surface area contributed by atoms with Crippen LogP contribution in [0.25, 0.3) is 0 Å². The Labute approximate surface area is 293 Å². The monoisotopic (exact) mass is 674 g/mol. The van der Waals surface area contributed by atoms with Gasteiger partial charge in [0, 0.05) is 16.9 Å². The molecule has 48 heavy (non-hydrogen) atoms. The molecule has 8 nitrogen and oxygen atoms in total. The van der Waals surface area contributed by atoms with E-state index in [1.165, 1.54) is 102 Å². The number of fused-ring (bicyclic) bond motifs is 20.